The van der Waals surface area contributed by atoms with Gasteiger partial charge in [-0.25, -0.2) is 15.0 Å². The van der Waals surface area contributed by atoms with Crippen LogP contribution in [0.2, 0.25) is 0 Å². The second-order valence-electron chi connectivity index (χ2n) is 13.8. The third-order valence-electron chi connectivity index (χ3n) is 10.7. The van der Waals surface area contributed by atoms with Crippen molar-refractivity contribution >= 4 is 54.1 Å². The molecule has 5 aromatic heterocycles. The third kappa shape index (κ3) is 5.09. The van der Waals surface area contributed by atoms with Gasteiger partial charge in [-0.15, -0.1) is 0 Å². The van der Waals surface area contributed by atoms with Crippen molar-refractivity contribution in [3.8, 4) is 51.0 Å². The number of hydrogen-bond acceptors (Lipinski definition) is 4. The Morgan fingerprint density at radius 3 is 1.58 bits per heavy atom. The number of rotatable bonds is 5. The minimum atomic E-state index is 0.782. The number of pyridine rings is 4. The van der Waals surface area contributed by atoms with E-state index in [-0.39, 0.29) is 0 Å². The number of para-hydroxylation sites is 1. The van der Waals surface area contributed by atoms with Crippen LogP contribution in [-0.4, -0.2) is 24.5 Å². The zero-order valence-corrected chi connectivity index (χ0v) is 29.6. The molecule has 6 aromatic carbocycles. The highest BCUT2D eigenvalue weighted by molar-refractivity contribution is 6.21. The third-order valence-corrected chi connectivity index (χ3v) is 10.7. The summed E-state index contributed by atoms with van der Waals surface area (Å²) in [5.74, 6) is 0.827. The van der Waals surface area contributed by atoms with Crippen molar-refractivity contribution in [2.75, 3.05) is 0 Å². The van der Waals surface area contributed by atoms with Crippen LogP contribution in [0, 0.1) is 0 Å². The van der Waals surface area contributed by atoms with Crippen molar-refractivity contribution in [1.29, 1.82) is 0 Å². The second-order valence-corrected chi connectivity index (χ2v) is 13.8. The van der Waals surface area contributed by atoms with Crippen LogP contribution in [0.15, 0.2) is 188 Å². The monoisotopic (exact) mass is 701 g/mol. The second kappa shape index (κ2) is 12.6. The van der Waals surface area contributed by atoms with E-state index in [0.717, 1.165) is 72.4 Å². The van der Waals surface area contributed by atoms with Gasteiger partial charge in [0, 0.05) is 28.7 Å². The minimum Gasteiger partial charge on any atom is -0.294 e. The molecule has 0 fully saturated rings. The molecule has 0 bridgehead atoms. The first-order chi connectivity index (χ1) is 27.3. The Hall–Kier alpha value is -7.50. The summed E-state index contributed by atoms with van der Waals surface area (Å²) in [5.41, 5.74) is 9.77. The van der Waals surface area contributed by atoms with Gasteiger partial charge in [0.25, 0.3) is 0 Å². The van der Waals surface area contributed by atoms with Crippen LogP contribution in [0.25, 0.3) is 105 Å². The number of hydrogen-bond donors (Lipinski definition) is 0. The quantitative estimate of drug-likeness (QED) is 0.168. The van der Waals surface area contributed by atoms with E-state index in [9.17, 15) is 0 Å². The van der Waals surface area contributed by atoms with Crippen LogP contribution in [0.1, 0.15) is 0 Å². The molecule has 0 aliphatic rings. The summed E-state index contributed by atoms with van der Waals surface area (Å²) in [6.07, 6.45) is 3.76. The highest BCUT2D eigenvalue weighted by atomic mass is 15.1. The number of aromatic nitrogens is 5. The molecule has 0 atom stereocenters. The molecule has 5 nitrogen and oxygen atoms in total. The predicted octanol–water partition coefficient (Wildman–Crippen LogP) is 12.5. The Kier molecular flexibility index (Phi) is 7.10. The SMILES string of the molecule is c1cc(-c2cccc(-c3c4ccccc4c(-c4ccc5ccccc5c4)c4ccccc34)n2)nc(-c2cccc(-n3c4ccccc4c4cnccc43)n2)c1. The molecule has 11 aromatic rings. The molecule has 0 aliphatic carbocycles. The molecule has 256 valence electrons. The minimum absolute atomic E-state index is 0.782. The number of benzene rings is 6. The highest BCUT2D eigenvalue weighted by Crippen LogP contribution is 2.44. The zero-order chi connectivity index (χ0) is 36.3. The predicted molar refractivity (Wildman–Crippen MR) is 226 cm³/mol. The van der Waals surface area contributed by atoms with E-state index in [4.69, 9.17) is 15.0 Å². The van der Waals surface area contributed by atoms with Crippen LogP contribution >= 0.6 is 0 Å². The van der Waals surface area contributed by atoms with E-state index < -0.39 is 0 Å². The topological polar surface area (TPSA) is 56.5 Å². The molecule has 0 aliphatic heterocycles. The van der Waals surface area contributed by atoms with Gasteiger partial charge in [0.15, 0.2) is 0 Å². The molecule has 0 unspecified atom stereocenters. The molecular formula is C50H31N5. The summed E-state index contributed by atoms with van der Waals surface area (Å²) in [6, 6.07) is 61.6. The Labute approximate surface area is 316 Å². The molecule has 0 saturated carbocycles. The van der Waals surface area contributed by atoms with Gasteiger partial charge in [0.2, 0.25) is 0 Å². The van der Waals surface area contributed by atoms with Gasteiger partial charge in [-0.2, -0.15) is 0 Å². The van der Waals surface area contributed by atoms with E-state index in [1.165, 1.54) is 32.7 Å². The van der Waals surface area contributed by atoms with Gasteiger partial charge >= 0.3 is 0 Å². The Morgan fingerprint density at radius 1 is 0.345 bits per heavy atom. The lowest BCUT2D eigenvalue weighted by Gasteiger charge is -2.18. The van der Waals surface area contributed by atoms with Crippen molar-refractivity contribution in [3.05, 3.63) is 188 Å². The summed E-state index contributed by atoms with van der Waals surface area (Å²) < 4.78 is 2.20. The standard InChI is InChI=1S/C50H31N5/c1-2-13-33-30-34(27-26-32(33)12-1)49-36-15-3-5-17-38(36)50(39-18-6-4-16-37(39)49)45-23-10-21-42(53-45)41-19-9-20-43(52-41)44-22-11-25-48(54-44)55-46-24-8-7-14-35(46)40-31-51-29-28-47(40)55/h1-31H. The zero-order valence-electron chi connectivity index (χ0n) is 29.6. The lowest BCUT2D eigenvalue weighted by molar-refractivity contribution is 1.07. The average Bonchev–Trinajstić information content (AvgIpc) is 3.60. The van der Waals surface area contributed by atoms with E-state index in [2.05, 4.69) is 137 Å². The van der Waals surface area contributed by atoms with Gasteiger partial charge in [-0.3, -0.25) is 9.55 Å². The molecule has 0 amide bonds. The van der Waals surface area contributed by atoms with Crippen molar-refractivity contribution in [3.63, 3.8) is 0 Å². The fraction of sp³-hybridized carbons (Fsp3) is 0. The van der Waals surface area contributed by atoms with Gasteiger partial charge in [0.05, 0.1) is 39.5 Å². The van der Waals surface area contributed by atoms with E-state index in [1.54, 1.807) is 0 Å². The Morgan fingerprint density at radius 2 is 0.873 bits per heavy atom. The first kappa shape index (κ1) is 31.1. The van der Waals surface area contributed by atoms with Crippen molar-refractivity contribution in [2.24, 2.45) is 0 Å². The first-order valence-electron chi connectivity index (χ1n) is 18.5. The van der Waals surface area contributed by atoms with Crippen LogP contribution in [0.5, 0.6) is 0 Å². The van der Waals surface area contributed by atoms with Crippen LogP contribution in [0.4, 0.5) is 0 Å². The lowest BCUT2D eigenvalue weighted by atomic mass is 9.86. The molecule has 5 heteroatoms. The summed E-state index contributed by atoms with van der Waals surface area (Å²) in [4.78, 5) is 20.0. The number of fused-ring (bicyclic) bond motifs is 6. The molecule has 55 heavy (non-hydrogen) atoms. The number of nitrogens with zero attached hydrogens (tertiary/aromatic N) is 5. The van der Waals surface area contributed by atoms with Crippen LogP contribution < -0.4 is 0 Å². The molecular weight excluding hydrogens is 671 g/mol. The average molecular weight is 702 g/mol. The van der Waals surface area contributed by atoms with Crippen LogP contribution in [0.3, 0.4) is 0 Å². The summed E-state index contributed by atoms with van der Waals surface area (Å²) >= 11 is 0. The molecule has 0 saturated heterocycles. The van der Waals surface area contributed by atoms with Gasteiger partial charge in [-0.05, 0) is 98.0 Å². The Bertz CT molecular complexity index is 3180. The summed E-state index contributed by atoms with van der Waals surface area (Å²) in [7, 11) is 0. The smallest absolute Gasteiger partial charge is 0.138 e. The molecule has 5 heterocycles. The maximum Gasteiger partial charge on any atom is 0.138 e. The van der Waals surface area contributed by atoms with Crippen molar-refractivity contribution in [1.82, 2.24) is 24.5 Å². The summed E-state index contributed by atoms with van der Waals surface area (Å²) in [5, 5.41) is 9.43. The van der Waals surface area contributed by atoms with E-state index >= 15 is 0 Å². The maximum atomic E-state index is 5.33. The molecule has 11 rings (SSSR count). The van der Waals surface area contributed by atoms with Crippen LogP contribution in [-0.2, 0) is 0 Å². The van der Waals surface area contributed by atoms with E-state index in [0.29, 0.717) is 0 Å². The fourth-order valence-corrected chi connectivity index (χ4v) is 8.25. The van der Waals surface area contributed by atoms with E-state index in [1.807, 2.05) is 60.9 Å². The lowest BCUT2D eigenvalue weighted by Crippen LogP contribution is -1.99. The fourth-order valence-electron chi connectivity index (χ4n) is 8.25. The molecule has 0 radical (unpaired) electrons. The Balaban J connectivity index is 1.03. The van der Waals surface area contributed by atoms with Crippen molar-refractivity contribution < 1.29 is 0 Å². The van der Waals surface area contributed by atoms with Crippen molar-refractivity contribution in [2.45, 2.75) is 0 Å². The first-order valence-corrected chi connectivity index (χ1v) is 18.5. The molecule has 0 N–H and O–H groups in total. The van der Waals surface area contributed by atoms with Gasteiger partial charge in [0.1, 0.15) is 5.82 Å². The van der Waals surface area contributed by atoms with Gasteiger partial charge < -0.3 is 0 Å². The summed E-state index contributed by atoms with van der Waals surface area (Å²) in [6.45, 7) is 0. The maximum absolute atomic E-state index is 5.33. The highest BCUT2D eigenvalue weighted by Gasteiger charge is 2.19. The van der Waals surface area contributed by atoms with Gasteiger partial charge in [-0.1, -0.05) is 121 Å². The normalized spacial score (nSPS) is 11.6. The largest absolute Gasteiger partial charge is 0.294 e. The molecule has 0 spiro atoms.